The summed E-state index contributed by atoms with van der Waals surface area (Å²) < 4.78 is 0. The highest BCUT2D eigenvalue weighted by atomic mass is 35.5. The predicted octanol–water partition coefficient (Wildman–Crippen LogP) is 2.51. The number of nitrogens with zero attached hydrogens (tertiary/aromatic N) is 1. The molecular weight excluding hydrogens is 303 g/mol. The van der Waals surface area contributed by atoms with E-state index >= 15 is 0 Å². The average Bonchev–Trinajstić information content (AvgIpc) is 2.39. The maximum absolute atomic E-state index is 12.1. The third-order valence-electron chi connectivity index (χ3n) is 3.31. The number of phenols is 1. The van der Waals surface area contributed by atoms with Crippen molar-refractivity contribution in [2.75, 3.05) is 18.9 Å². The minimum atomic E-state index is -0.356. The van der Waals surface area contributed by atoms with E-state index in [1.807, 2.05) is 0 Å². The summed E-state index contributed by atoms with van der Waals surface area (Å²) in [4.78, 5) is 25.3. The van der Waals surface area contributed by atoms with Crippen LogP contribution in [-0.2, 0) is 9.59 Å². The van der Waals surface area contributed by atoms with Gasteiger partial charge in [-0.2, -0.15) is 0 Å². The number of piperidine rings is 1. The van der Waals surface area contributed by atoms with E-state index in [1.54, 1.807) is 11.9 Å². The van der Waals surface area contributed by atoms with E-state index in [4.69, 9.17) is 23.2 Å². The van der Waals surface area contributed by atoms with Gasteiger partial charge in [0.05, 0.1) is 10.0 Å². The molecule has 5 nitrogen and oxygen atoms in total. The molecule has 0 aromatic heterocycles. The van der Waals surface area contributed by atoms with Gasteiger partial charge >= 0.3 is 0 Å². The number of likely N-dealkylation sites (tertiary alicyclic amines) is 1. The van der Waals surface area contributed by atoms with Crippen LogP contribution < -0.4 is 5.32 Å². The van der Waals surface area contributed by atoms with Crippen LogP contribution in [0.3, 0.4) is 0 Å². The van der Waals surface area contributed by atoms with Gasteiger partial charge in [-0.05, 0) is 18.6 Å². The molecule has 0 bridgehead atoms. The third kappa shape index (κ3) is 3.16. The molecule has 1 heterocycles. The largest absolute Gasteiger partial charge is 0.505 e. The first-order chi connectivity index (χ1) is 9.38. The Morgan fingerprint density at radius 1 is 1.40 bits per heavy atom. The summed E-state index contributed by atoms with van der Waals surface area (Å²) in [7, 11) is 1.72. The van der Waals surface area contributed by atoms with Crippen molar-refractivity contribution in [2.45, 2.75) is 12.8 Å². The predicted molar refractivity (Wildman–Crippen MR) is 77.1 cm³/mol. The zero-order chi connectivity index (χ0) is 14.9. The Kier molecular flexibility index (Phi) is 4.40. The summed E-state index contributed by atoms with van der Waals surface area (Å²) in [6.07, 6.45) is 0.815. The Bertz CT molecular complexity index is 540. The Morgan fingerprint density at radius 3 is 2.55 bits per heavy atom. The number of halogens is 2. The molecule has 1 aromatic carbocycles. The maximum Gasteiger partial charge on any atom is 0.228 e. The van der Waals surface area contributed by atoms with Crippen LogP contribution in [0.2, 0.25) is 10.0 Å². The standard InChI is InChI=1S/C13H14Cl2N2O3/c1-17-3-2-7(4-11(17)18)13(20)16-8-5-9(14)12(19)10(15)6-8/h5-7,19H,2-4H2,1H3,(H,16,20)/t7-/m1/s1. The number of anilines is 1. The van der Waals surface area contributed by atoms with Crippen LogP contribution in [0.5, 0.6) is 5.75 Å². The number of aromatic hydroxyl groups is 1. The number of rotatable bonds is 2. The summed E-state index contributed by atoms with van der Waals surface area (Å²) in [5, 5.41) is 12.2. The highest BCUT2D eigenvalue weighted by Crippen LogP contribution is 2.35. The van der Waals surface area contributed by atoms with Crippen molar-refractivity contribution in [3.8, 4) is 5.75 Å². The van der Waals surface area contributed by atoms with E-state index in [9.17, 15) is 14.7 Å². The Morgan fingerprint density at radius 2 is 2.00 bits per heavy atom. The SMILES string of the molecule is CN1CC[C@@H](C(=O)Nc2cc(Cl)c(O)c(Cl)c2)CC1=O. The van der Waals surface area contributed by atoms with Gasteiger partial charge in [0.1, 0.15) is 0 Å². The molecule has 0 unspecified atom stereocenters. The molecule has 1 aromatic rings. The summed E-state index contributed by atoms with van der Waals surface area (Å²) in [5.41, 5.74) is 0.397. The highest BCUT2D eigenvalue weighted by Gasteiger charge is 2.28. The lowest BCUT2D eigenvalue weighted by molar-refractivity contribution is -0.137. The van der Waals surface area contributed by atoms with E-state index in [-0.39, 0.29) is 39.9 Å². The molecule has 7 heteroatoms. The van der Waals surface area contributed by atoms with Crippen molar-refractivity contribution in [3.05, 3.63) is 22.2 Å². The second-order valence-electron chi connectivity index (χ2n) is 4.78. The molecule has 0 aliphatic carbocycles. The van der Waals surface area contributed by atoms with E-state index in [2.05, 4.69) is 5.32 Å². The van der Waals surface area contributed by atoms with Gasteiger partial charge in [-0.1, -0.05) is 23.2 Å². The molecule has 1 saturated heterocycles. The second-order valence-corrected chi connectivity index (χ2v) is 5.60. The fraction of sp³-hybridized carbons (Fsp3) is 0.385. The van der Waals surface area contributed by atoms with Crippen LogP contribution in [0.15, 0.2) is 12.1 Å². The van der Waals surface area contributed by atoms with E-state index in [1.165, 1.54) is 12.1 Å². The lowest BCUT2D eigenvalue weighted by Gasteiger charge is -2.27. The van der Waals surface area contributed by atoms with Crippen molar-refractivity contribution in [1.29, 1.82) is 0 Å². The molecule has 0 spiro atoms. The molecule has 2 rings (SSSR count). The van der Waals surface area contributed by atoms with Crippen molar-refractivity contribution < 1.29 is 14.7 Å². The molecule has 1 fully saturated rings. The first kappa shape index (κ1) is 14.9. The number of phenolic OH excluding ortho intramolecular Hbond substituents is 1. The van der Waals surface area contributed by atoms with Crippen molar-refractivity contribution in [2.24, 2.45) is 5.92 Å². The lowest BCUT2D eigenvalue weighted by atomic mass is 9.95. The van der Waals surface area contributed by atoms with Gasteiger partial charge in [0, 0.05) is 31.6 Å². The minimum Gasteiger partial charge on any atom is -0.505 e. The fourth-order valence-corrected chi connectivity index (χ4v) is 2.54. The molecular formula is C13H14Cl2N2O3. The molecule has 20 heavy (non-hydrogen) atoms. The highest BCUT2D eigenvalue weighted by molar-refractivity contribution is 6.37. The maximum atomic E-state index is 12.1. The van der Waals surface area contributed by atoms with Crippen LogP contribution in [0.4, 0.5) is 5.69 Å². The Hall–Kier alpha value is -1.46. The molecule has 0 radical (unpaired) electrons. The molecule has 2 amide bonds. The number of amides is 2. The van der Waals surface area contributed by atoms with Gasteiger partial charge in [0.15, 0.2) is 5.75 Å². The van der Waals surface area contributed by atoms with E-state index in [0.29, 0.717) is 18.7 Å². The summed E-state index contributed by atoms with van der Waals surface area (Å²) in [5.74, 6) is -0.867. The van der Waals surface area contributed by atoms with Gasteiger partial charge in [0.25, 0.3) is 0 Å². The van der Waals surface area contributed by atoms with Crippen molar-refractivity contribution >= 4 is 40.7 Å². The zero-order valence-corrected chi connectivity index (χ0v) is 12.3. The normalized spacial score (nSPS) is 19.1. The Balaban J connectivity index is 2.07. The van der Waals surface area contributed by atoms with Gasteiger partial charge in [0.2, 0.25) is 11.8 Å². The van der Waals surface area contributed by atoms with Gasteiger partial charge in [-0.15, -0.1) is 0 Å². The first-order valence-electron chi connectivity index (χ1n) is 6.11. The number of nitrogens with one attached hydrogen (secondary N) is 1. The molecule has 0 saturated carbocycles. The van der Waals surface area contributed by atoms with Crippen molar-refractivity contribution in [3.63, 3.8) is 0 Å². The summed E-state index contributed by atoms with van der Waals surface area (Å²) in [6.45, 7) is 0.564. The van der Waals surface area contributed by atoms with Crippen LogP contribution in [0.25, 0.3) is 0 Å². The number of carbonyl (C=O) groups excluding carboxylic acids is 2. The number of hydrogen-bond acceptors (Lipinski definition) is 3. The topological polar surface area (TPSA) is 69.6 Å². The van der Waals surface area contributed by atoms with Crippen LogP contribution in [-0.4, -0.2) is 35.4 Å². The van der Waals surface area contributed by atoms with Crippen LogP contribution in [0.1, 0.15) is 12.8 Å². The smallest absolute Gasteiger partial charge is 0.228 e. The summed E-state index contributed by atoms with van der Waals surface area (Å²) in [6, 6.07) is 2.83. The minimum absolute atomic E-state index is 0.0434. The molecule has 1 atom stereocenters. The molecule has 1 aliphatic rings. The monoisotopic (exact) mass is 316 g/mol. The third-order valence-corrected chi connectivity index (χ3v) is 3.89. The van der Waals surface area contributed by atoms with Crippen LogP contribution >= 0.6 is 23.2 Å². The van der Waals surface area contributed by atoms with E-state index in [0.717, 1.165) is 0 Å². The van der Waals surface area contributed by atoms with Crippen molar-refractivity contribution in [1.82, 2.24) is 4.90 Å². The molecule has 108 valence electrons. The number of hydrogen-bond donors (Lipinski definition) is 2. The van der Waals surface area contributed by atoms with Gasteiger partial charge in [-0.25, -0.2) is 0 Å². The first-order valence-corrected chi connectivity index (χ1v) is 6.87. The number of benzene rings is 1. The molecule has 1 aliphatic heterocycles. The fourth-order valence-electron chi connectivity index (χ4n) is 2.05. The summed E-state index contributed by atoms with van der Waals surface area (Å²) >= 11 is 11.6. The van der Waals surface area contributed by atoms with Gasteiger partial charge < -0.3 is 15.3 Å². The average molecular weight is 317 g/mol. The molecule has 2 N–H and O–H groups in total. The second kappa shape index (κ2) is 5.89. The van der Waals surface area contributed by atoms with Crippen LogP contribution in [0, 0.1) is 5.92 Å². The lowest BCUT2D eigenvalue weighted by Crippen LogP contribution is -2.39. The Labute approximate surface area is 126 Å². The zero-order valence-electron chi connectivity index (χ0n) is 10.8. The van der Waals surface area contributed by atoms with E-state index < -0.39 is 0 Å². The number of carbonyl (C=O) groups is 2. The quantitative estimate of drug-likeness (QED) is 0.824. The van der Waals surface area contributed by atoms with Gasteiger partial charge in [-0.3, -0.25) is 9.59 Å².